The van der Waals surface area contributed by atoms with Crippen molar-refractivity contribution in [3.05, 3.63) is 59.7 Å². The lowest BCUT2D eigenvalue weighted by Crippen LogP contribution is -2.25. The predicted octanol–water partition coefficient (Wildman–Crippen LogP) is 3.77. The summed E-state index contributed by atoms with van der Waals surface area (Å²) in [5.74, 6) is 0.0896. The maximum absolute atomic E-state index is 14.2. The minimum Gasteiger partial charge on any atom is -0.378 e. The fourth-order valence-corrected chi connectivity index (χ4v) is 3.38. The molecule has 1 saturated heterocycles. The minimum absolute atomic E-state index is 0.143. The highest BCUT2D eigenvalue weighted by atomic mass is 19.1. The number of hydrogen-bond donors (Lipinski definition) is 0. The second kappa shape index (κ2) is 7.07. The Labute approximate surface area is 162 Å². The molecule has 0 aliphatic carbocycles. The van der Waals surface area contributed by atoms with E-state index >= 15 is 0 Å². The van der Waals surface area contributed by atoms with Crippen LogP contribution in [-0.2, 0) is 4.79 Å². The summed E-state index contributed by atoms with van der Waals surface area (Å²) < 4.78 is 19.6. The molecule has 2 aromatic carbocycles. The van der Waals surface area contributed by atoms with Crippen LogP contribution < -0.4 is 9.80 Å². The van der Waals surface area contributed by atoms with Crippen LogP contribution in [0.15, 0.2) is 47.0 Å². The van der Waals surface area contributed by atoms with E-state index in [0.29, 0.717) is 23.9 Å². The molecule has 2 heterocycles. The summed E-state index contributed by atoms with van der Waals surface area (Å²) in [7, 11) is 3.92. The van der Waals surface area contributed by atoms with Gasteiger partial charge in [0.05, 0.1) is 5.69 Å². The number of benzene rings is 2. The van der Waals surface area contributed by atoms with Gasteiger partial charge in [0.15, 0.2) is 5.82 Å². The van der Waals surface area contributed by atoms with Crippen molar-refractivity contribution >= 4 is 17.3 Å². The zero-order valence-electron chi connectivity index (χ0n) is 16.0. The number of halogens is 1. The lowest BCUT2D eigenvalue weighted by atomic mass is 10.1. The van der Waals surface area contributed by atoms with Gasteiger partial charge in [0.2, 0.25) is 5.91 Å². The van der Waals surface area contributed by atoms with E-state index in [2.05, 4.69) is 10.1 Å². The summed E-state index contributed by atoms with van der Waals surface area (Å²) in [4.78, 5) is 20.4. The van der Waals surface area contributed by atoms with Crippen molar-refractivity contribution in [2.75, 3.05) is 30.4 Å². The van der Waals surface area contributed by atoms with Crippen molar-refractivity contribution in [3.8, 4) is 11.5 Å². The Morgan fingerprint density at radius 2 is 2.04 bits per heavy atom. The van der Waals surface area contributed by atoms with Gasteiger partial charge < -0.3 is 14.3 Å². The smallest absolute Gasteiger partial charge is 0.258 e. The molecule has 4 rings (SSSR count). The van der Waals surface area contributed by atoms with Gasteiger partial charge in [-0.25, -0.2) is 4.39 Å². The molecule has 0 radical (unpaired) electrons. The Balaban J connectivity index is 1.57. The van der Waals surface area contributed by atoms with Gasteiger partial charge in [-0.1, -0.05) is 17.3 Å². The van der Waals surface area contributed by atoms with Gasteiger partial charge in [-0.3, -0.25) is 4.79 Å². The van der Waals surface area contributed by atoms with Crippen LogP contribution in [-0.4, -0.2) is 36.7 Å². The summed E-state index contributed by atoms with van der Waals surface area (Å²) in [6.45, 7) is 2.20. The van der Waals surface area contributed by atoms with Crippen LogP contribution in [0.3, 0.4) is 0 Å². The van der Waals surface area contributed by atoms with E-state index in [4.69, 9.17) is 4.52 Å². The lowest BCUT2D eigenvalue weighted by Gasteiger charge is -2.17. The lowest BCUT2D eigenvalue weighted by molar-refractivity contribution is -0.117. The SMILES string of the molecule is Cc1ccc(F)c(N2CC(c3noc(-c4cccc(N(C)C)c4)n3)CC2=O)c1. The van der Waals surface area contributed by atoms with E-state index < -0.39 is 5.82 Å². The van der Waals surface area contributed by atoms with Crippen molar-refractivity contribution in [1.82, 2.24) is 10.1 Å². The fourth-order valence-electron chi connectivity index (χ4n) is 3.38. The van der Waals surface area contributed by atoms with E-state index in [1.807, 2.05) is 50.2 Å². The molecule has 0 N–H and O–H groups in total. The Bertz CT molecular complexity index is 1030. The fraction of sp³-hybridized carbons (Fsp3) is 0.286. The third kappa shape index (κ3) is 3.35. The van der Waals surface area contributed by atoms with Gasteiger partial charge in [0.25, 0.3) is 5.89 Å². The van der Waals surface area contributed by atoms with Crippen LogP contribution in [0.1, 0.15) is 23.7 Å². The van der Waals surface area contributed by atoms with Gasteiger partial charge in [0.1, 0.15) is 5.82 Å². The molecule has 28 heavy (non-hydrogen) atoms. The topological polar surface area (TPSA) is 62.5 Å². The predicted molar refractivity (Wildman–Crippen MR) is 105 cm³/mol. The average Bonchev–Trinajstić information content (AvgIpc) is 3.31. The van der Waals surface area contributed by atoms with E-state index in [-0.39, 0.29) is 18.2 Å². The third-order valence-corrected chi connectivity index (χ3v) is 4.93. The number of carbonyl (C=O) groups excluding carboxylic acids is 1. The van der Waals surface area contributed by atoms with Gasteiger partial charge in [-0.15, -0.1) is 0 Å². The van der Waals surface area contributed by atoms with Gasteiger partial charge in [-0.05, 0) is 42.8 Å². The van der Waals surface area contributed by atoms with E-state index in [0.717, 1.165) is 16.8 Å². The molecule has 0 bridgehead atoms. The van der Waals surface area contributed by atoms with Crippen molar-refractivity contribution in [2.45, 2.75) is 19.3 Å². The largest absolute Gasteiger partial charge is 0.378 e. The molecule has 3 aromatic rings. The number of carbonyl (C=O) groups is 1. The highest BCUT2D eigenvalue weighted by molar-refractivity contribution is 5.96. The molecule has 1 aliphatic heterocycles. The van der Waals surface area contributed by atoms with Gasteiger partial charge in [-0.2, -0.15) is 4.98 Å². The van der Waals surface area contributed by atoms with Crippen LogP contribution in [0.4, 0.5) is 15.8 Å². The monoisotopic (exact) mass is 380 g/mol. The van der Waals surface area contributed by atoms with Crippen LogP contribution in [0, 0.1) is 12.7 Å². The van der Waals surface area contributed by atoms with Gasteiger partial charge >= 0.3 is 0 Å². The number of aromatic nitrogens is 2. The summed E-state index contributed by atoms with van der Waals surface area (Å²) >= 11 is 0. The molecule has 7 heteroatoms. The summed E-state index contributed by atoms with van der Waals surface area (Å²) in [5, 5.41) is 4.08. The number of hydrogen-bond acceptors (Lipinski definition) is 5. The van der Waals surface area contributed by atoms with Crippen LogP contribution in [0.2, 0.25) is 0 Å². The van der Waals surface area contributed by atoms with Crippen molar-refractivity contribution in [1.29, 1.82) is 0 Å². The molecule has 6 nitrogen and oxygen atoms in total. The number of anilines is 2. The first-order valence-corrected chi connectivity index (χ1v) is 9.10. The molecule has 1 atom stereocenters. The number of amides is 1. The normalized spacial score (nSPS) is 16.6. The van der Waals surface area contributed by atoms with Crippen LogP contribution >= 0.6 is 0 Å². The minimum atomic E-state index is -0.408. The summed E-state index contributed by atoms with van der Waals surface area (Å²) in [5.41, 5.74) is 3.04. The maximum atomic E-state index is 14.2. The number of aryl methyl sites for hydroxylation is 1. The molecular weight excluding hydrogens is 359 g/mol. The van der Waals surface area contributed by atoms with E-state index in [1.165, 1.54) is 11.0 Å². The second-order valence-electron chi connectivity index (χ2n) is 7.26. The Kier molecular flexibility index (Phi) is 4.58. The first-order chi connectivity index (χ1) is 13.4. The molecule has 0 saturated carbocycles. The molecular formula is C21H21FN4O2. The Hall–Kier alpha value is -3.22. The molecule has 1 unspecified atom stereocenters. The zero-order chi connectivity index (χ0) is 19.8. The highest BCUT2D eigenvalue weighted by Crippen LogP contribution is 2.33. The summed E-state index contributed by atoms with van der Waals surface area (Å²) in [6, 6.07) is 12.5. The molecule has 144 valence electrons. The standard InChI is InChI=1S/C21H21FN4O2/c1-13-7-8-17(22)18(9-13)26-12-15(11-19(26)27)20-23-21(28-24-20)14-5-4-6-16(10-14)25(2)3/h4-10,15H,11-12H2,1-3H3. The molecule has 0 spiro atoms. The van der Waals surface area contributed by atoms with Gasteiger partial charge in [0, 0.05) is 44.2 Å². The van der Waals surface area contributed by atoms with Crippen LogP contribution in [0.25, 0.3) is 11.5 Å². The zero-order valence-corrected chi connectivity index (χ0v) is 16.0. The molecule has 1 aliphatic rings. The van der Waals surface area contributed by atoms with E-state index in [1.54, 1.807) is 12.1 Å². The highest BCUT2D eigenvalue weighted by Gasteiger charge is 2.35. The number of nitrogens with zero attached hydrogens (tertiary/aromatic N) is 4. The Morgan fingerprint density at radius 1 is 1.21 bits per heavy atom. The quantitative estimate of drug-likeness (QED) is 0.689. The average molecular weight is 380 g/mol. The first-order valence-electron chi connectivity index (χ1n) is 9.10. The second-order valence-corrected chi connectivity index (χ2v) is 7.26. The maximum Gasteiger partial charge on any atom is 0.258 e. The van der Waals surface area contributed by atoms with E-state index in [9.17, 15) is 9.18 Å². The Morgan fingerprint density at radius 3 is 2.82 bits per heavy atom. The van der Waals surface area contributed by atoms with Crippen molar-refractivity contribution in [3.63, 3.8) is 0 Å². The third-order valence-electron chi connectivity index (χ3n) is 4.93. The van der Waals surface area contributed by atoms with Crippen molar-refractivity contribution < 1.29 is 13.7 Å². The molecule has 1 fully saturated rings. The molecule has 1 amide bonds. The molecule has 1 aromatic heterocycles. The van der Waals surface area contributed by atoms with Crippen LogP contribution in [0.5, 0.6) is 0 Å². The first kappa shape index (κ1) is 18.2. The number of rotatable bonds is 4. The summed E-state index contributed by atoms with van der Waals surface area (Å²) in [6.07, 6.45) is 0.226. The van der Waals surface area contributed by atoms with Crippen molar-refractivity contribution in [2.24, 2.45) is 0 Å².